The van der Waals surface area contributed by atoms with Crippen LogP contribution in [-0.2, 0) is 4.79 Å². The van der Waals surface area contributed by atoms with Crippen molar-refractivity contribution in [2.24, 2.45) is 0 Å². The van der Waals surface area contributed by atoms with E-state index in [4.69, 9.17) is 4.74 Å². The Balaban J connectivity index is 2.31. The van der Waals surface area contributed by atoms with Crippen molar-refractivity contribution in [3.8, 4) is 5.75 Å². The maximum Gasteiger partial charge on any atom is 0.342 e. The molecule has 0 aliphatic heterocycles. The number of para-hydroxylation sites is 1. The summed E-state index contributed by atoms with van der Waals surface area (Å²) in [6.07, 6.45) is 1.56. The molecule has 0 amide bonds. The lowest BCUT2D eigenvalue weighted by Gasteiger charge is -2.07. The predicted molar refractivity (Wildman–Crippen MR) is 80.2 cm³/mol. The summed E-state index contributed by atoms with van der Waals surface area (Å²) in [5.41, 5.74) is 0.705. The van der Waals surface area contributed by atoms with Gasteiger partial charge in [0.05, 0.1) is 6.61 Å². The molecule has 0 spiro atoms. The van der Waals surface area contributed by atoms with Crippen molar-refractivity contribution in [3.63, 3.8) is 0 Å². The second-order valence-corrected chi connectivity index (χ2v) is 5.10. The molecule has 0 saturated carbocycles. The summed E-state index contributed by atoms with van der Waals surface area (Å²) in [7, 11) is 0. The topological polar surface area (TPSA) is 88.1 Å². The summed E-state index contributed by atoms with van der Waals surface area (Å²) in [5, 5.41) is 16.3. The molecular formula is C14H15N3O3S. The lowest BCUT2D eigenvalue weighted by Crippen LogP contribution is -1.99. The molecule has 0 bridgehead atoms. The number of benzene rings is 1. The number of hydrogen-bond acceptors (Lipinski definition) is 5. The van der Waals surface area contributed by atoms with Gasteiger partial charge in [0.1, 0.15) is 16.5 Å². The van der Waals surface area contributed by atoms with Crippen LogP contribution in [0.1, 0.15) is 18.3 Å². The summed E-state index contributed by atoms with van der Waals surface area (Å²) in [4.78, 5) is 15.6. The van der Waals surface area contributed by atoms with Gasteiger partial charge in [-0.1, -0.05) is 18.2 Å². The number of carbonyl (C=O) groups is 1. The first kappa shape index (κ1) is 15.1. The van der Waals surface area contributed by atoms with E-state index in [1.165, 1.54) is 0 Å². The number of carboxylic acid groups (broad SMARTS) is 1. The number of hydrogen-bond donors (Lipinski definition) is 2. The van der Waals surface area contributed by atoms with Crippen LogP contribution >= 0.6 is 11.8 Å². The zero-order valence-corrected chi connectivity index (χ0v) is 12.5. The van der Waals surface area contributed by atoms with Gasteiger partial charge in [0.15, 0.2) is 0 Å². The summed E-state index contributed by atoms with van der Waals surface area (Å²) < 4.78 is 5.49. The van der Waals surface area contributed by atoms with E-state index < -0.39 is 5.97 Å². The number of aromatic amines is 1. The van der Waals surface area contributed by atoms with Gasteiger partial charge in [-0.2, -0.15) is 0 Å². The Kier molecular flexibility index (Phi) is 4.99. The van der Waals surface area contributed by atoms with Crippen LogP contribution < -0.4 is 4.74 Å². The monoisotopic (exact) mass is 305 g/mol. The third-order valence-electron chi connectivity index (χ3n) is 2.49. The summed E-state index contributed by atoms with van der Waals surface area (Å²) in [6.45, 7) is 4.15. The largest absolute Gasteiger partial charge is 0.493 e. The number of nitrogens with zero attached hydrogens (tertiary/aromatic N) is 2. The van der Waals surface area contributed by atoms with Crippen LogP contribution in [0.2, 0.25) is 0 Å². The van der Waals surface area contributed by atoms with Crippen molar-refractivity contribution < 1.29 is 14.6 Å². The second-order valence-electron chi connectivity index (χ2n) is 4.09. The molecule has 0 fully saturated rings. The number of ether oxygens (including phenoxy) is 1. The Labute approximate surface area is 126 Å². The summed E-state index contributed by atoms with van der Waals surface area (Å²) in [6, 6.07) is 7.28. The molecule has 6 nitrogen and oxygen atoms in total. The minimum atomic E-state index is -1.03. The molecule has 21 heavy (non-hydrogen) atoms. The molecule has 0 aliphatic rings. The van der Waals surface area contributed by atoms with Gasteiger partial charge in [-0.15, -0.1) is 5.10 Å². The number of nitrogens with one attached hydrogen (secondary N) is 1. The SMILES string of the molecule is CCOc1ccccc1/C=C(\Sc1n[nH]c(C)n1)C(=O)O. The van der Waals surface area contributed by atoms with Gasteiger partial charge in [-0.3, -0.25) is 5.10 Å². The van der Waals surface area contributed by atoms with Gasteiger partial charge < -0.3 is 9.84 Å². The van der Waals surface area contributed by atoms with Gasteiger partial charge in [0.25, 0.3) is 0 Å². The van der Waals surface area contributed by atoms with Crippen molar-refractivity contribution in [2.45, 2.75) is 19.0 Å². The molecule has 0 unspecified atom stereocenters. The average Bonchev–Trinajstić information content (AvgIpc) is 2.86. The third-order valence-corrected chi connectivity index (χ3v) is 3.37. The van der Waals surface area contributed by atoms with Gasteiger partial charge in [-0.25, -0.2) is 9.78 Å². The first-order valence-corrected chi connectivity index (χ1v) is 7.15. The molecule has 0 saturated heterocycles. The zero-order chi connectivity index (χ0) is 15.2. The molecule has 1 heterocycles. The fourth-order valence-electron chi connectivity index (χ4n) is 1.63. The quantitative estimate of drug-likeness (QED) is 0.630. The van der Waals surface area contributed by atoms with E-state index in [1.807, 2.05) is 19.1 Å². The molecular weight excluding hydrogens is 290 g/mol. The first-order valence-electron chi connectivity index (χ1n) is 6.34. The van der Waals surface area contributed by atoms with Crippen molar-refractivity contribution in [1.29, 1.82) is 0 Å². The van der Waals surface area contributed by atoms with E-state index in [0.717, 1.165) is 11.8 Å². The van der Waals surface area contributed by atoms with E-state index in [-0.39, 0.29) is 4.91 Å². The highest BCUT2D eigenvalue weighted by Crippen LogP contribution is 2.28. The van der Waals surface area contributed by atoms with Gasteiger partial charge in [0, 0.05) is 5.56 Å². The number of aromatic nitrogens is 3. The standard InChI is InChI=1S/C14H15N3O3S/c1-3-20-11-7-5-4-6-10(11)8-12(13(18)19)21-14-15-9(2)16-17-14/h4-8H,3H2,1-2H3,(H,18,19)(H,15,16,17)/b12-8-. The Morgan fingerprint density at radius 3 is 2.86 bits per heavy atom. The van der Waals surface area contributed by atoms with Crippen LogP contribution in [0.15, 0.2) is 34.3 Å². The molecule has 0 aliphatic carbocycles. The molecule has 7 heteroatoms. The smallest absolute Gasteiger partial charge is 0.342 e. The van der Waals surface area contributed by atoms with E-state index >= 15 is 0 Å². The lowest BCUT2D eigenvalue weighted by atomic mass is 10.2. The highest BCUT2D eigenvalue weighted by Gasteiger charge is 2.14. The van der Waals surface area contributed by atoms with E-state index in [2.05, 4.69) is 15.2 Å². The number of carboxylic acids is 1. The fraction of sp³-hybridized carbons (Fsp3) is 0.214. The van der Waals surface area contributed by atoms with Crippen LogP contribution in [-0.4, -0.2) is 32.9 Å². The third kappa shape index (κ3) is 4.09. The minimum Gasteiger partial charge on any atom is -0.493 e. The van der Waals surface area contributed by atoms with Crippen LogP contribution in [0.25, 0.3) is 6.08 Å². The second kappa shape index (κ2) is 6.94. The van der Waals surface area contributed by atoms with Crippen molar-refractivity contribution in [2.75, 3.05) is 6.61 Å². The van der Waals surface area contributed by atoms with Gasteiger partial charge >= 0.3 is 5.97 Å². The van der Waals surface area contributed by atoms with Crippen molar-refractivity contribution in [1.82, 2.24) is 15.2 Å². The van der Waals surface area contributed by atoms with E-state index in [1.54, 1.807) is 25.1 Å². The highest BCUT2D eigenvalue weighted by atomic mass is 32.2. The average molecular weight is 305 g/mol. The zero-order valence-electron chi connectivity index (χ0n) is 11.7. The van der Waals surface area contributed by atoms with Crippen LogP contribution in [0.5, 0.6) is 5.75 Å². The Morgan fingerprint density at radius 2 is 2.24 bits per heavy atom. The summed E-state index contributed by atoms with van der Waals surface area (Å²) in [5.74, 6) is 0.247. The van der Waals surface area contributed by atoms with Crippen LogP contribution in [0.3, 0.4) is 0 Å². The van der Waals surface area contributed by atoms with Crippen LogP contribution in [0, 0.1) is 6.92 Å². The summed E-state index contributed by atoms with van der Waals surface area (Å²) >= 11 is 0.992. The predicted octanol–water partition coefficient (Wildman–Crippen LogP) is 2.73. The molecule has 2 aromatic rings. The minimum absolute atomic E-state index is 0.126. The molecule has 2 rings (SSSR count). The number of aliphatic carboxylic acids is 1. The molecule has 1 aromatic carbocycles. The number of thioether (sulfide) groups is 1. The normalized spacial score (nSPS) is 11.4. The van der Waals surface area contributed by atoms with Crippen molar-refractivity contribution in [3.05, 3.63) is 40.6 Å². The highest BCUT2D eigenvalue weighted by molar-refractivity contribution is 8.04. The molecule has 0 atom stereocenters. The Hall–Kier alpha value is -2.28. The molecule has 1 aromatic heterocycles. The Bertz CT molecular complexity index is 667. The van der Waals surface area contributed by atoms with Gasteiger partial charge in [0.2, 0.25) is 5.16 Å². The lowest BCUT2D eigenvalue weighted by molar-refractivity contribution is -0.131. The van der Waals surface area contributed by atoms with E-state index in [9.17, 15) is 9.90 Å². The molecule has 2 N–H and O–H groups in total. The number of aryl methyl sites for hydroxylation is 1. The fourth-order valence-corrected chi connectivity index (χ4v) is 2.37. The van der Waals surface area contributed by atoms with Crippen LogP contribution in [0.4, 0.5) is 0 Å². The number of H-pyrrole nitrogens is 1. The van der Waals surface area contributed by atoms with E-state index in [0.29, 0.717) is 28.9 Å². The van der Waals surface area contributed by atoms with Gasteiger partial charge in [-0.05, 0) is 37.8 Å². The maximum atomic E-state index is 11.4. The number of rotatable bonds is 6. The Morgan fingerprint density at radius 1 is 1.48 bits per heavy atom. The van der Waals surface area contributed by atoms with Crippen molar-refractivity contribution >= 4 is 23.8 Å². The first-order chi connectivity index (χ1) is 10.1. The molecule has 110 valence electrons. The maximum absolute atomic E-state index is 11.4. The molecule has 0 radical (unpaired) electrons.